The monoisotopic (exact) mass is 394 g/mol. The summed E-state index contributed by atoms with van der Waals surface area (Å²) in [5.41, 5.74) is 3.40. The van der Waals surface area contributed by atoms with Crippen LogP contribution in [0.15, 0.2) is 36.4 Å². The molecule has 0 atom stereocenters. The molecule has 28 heavy (non-hydrogen) atoms. The summed E-state index contributed by atoms with van der Waals surface area (Å²) in [7, 11) is 0. The molecule has 0 spiro atoms. The summed E-state index contributed by atoms with van der Waals surface area (Å²) in [6, 6.07) is 11.2. The van der Waals surface area contributed by atoms with Crippen LogP contribution >= 0.6 is 11.6 Å². The Labute approximate surface area is 165 Å². The Balaban J connectivity index is 1.68. The average Bonchev–Trinajstić information content (AvgIpc) is 3.13. The maximum Gasteiger partial charge on any atom is 0.254 e. The van der Waals surface area contributed by atoms with Crippen molar-refractivity contribution in [3.63, 3.8) is 0 Å². The Morgan fingerprint density at radius 2 is 2.07 bits per heavy atom. The van der Waals surface area contributed by atoms with E-state index in [4.69, 9.17) is 16.9 Å². The summed E-state index contributed by atoms with van der Waals surface area (Å²) in [6.07, 6.45) is 0.582. The molecule has 8 heteroatoms. The zero-order valence-electron chi connectivity index (χ0n) is 14.6. The number of phenolic OH excluding ortho intramolecular Hbond substituents is 2. The maximum atomic E-state index is 12.9. The number of fused-ring (bicyclic) bond motifs is 1. The van der Waals surface area contributed by atoms with E-state index in [0.29, 0.717) is 41.9 Å². The second kappa shape index (κ2) is 6.91. The van der Waals surface area contributed by atoms with Gasteiger partial charge in [-0.05, 0) is 24.3 Å². The predicted octanol–water partition coefficient (Wildman–Crippen LogP) is 3.21. The van der Waals surface area contributed by atoms with Crippen LogP contribution in [0.3, 0.4) is 0 Å². The van der Waals surface area contributed by atoms with Crippen molar-refractivity contribution in [3.05, 3.63) is 63.8 Å². The fourth-order valence-electron chi connectivity index (χ4n) is 3.34. The number of aromatic amines is 1. The Morgan fingerprint density at radius 3 is 2.86 bits per heavy atom. The molecule has 0 saturated carbocycles. The number of hydrogen-bond donors (Lipinski definition) is 3. The van der Waals surface area contributed by atoms with Gasteiger partial charge in [-0.25, -0.2) is 0 Å². The van der Waals surface area contributed by atoms with Crippen molar-refractivity contribution in [2.45, 2.75) is 13.0 Å². The summed E-state index contributed by atoms with van der Waals surface area (Å²) in [5, 5.41) is 36.3. The Kier molecular flexibility index (Phi) is 4.41. The van der Waals surface area contributed by atoms with Gasteiger partial charge in [0.15, 0.2) is 0 Å². The number of amides is 1. The van der Waals surface area contributed by atoms with Gasteiger partial charge in [0.25, 0.3) is 5.91 Å². The lowest BCUT2D eigenvalue weighted by atomic mass is 9.99. The van der Waals surface area contributed by atoms with Gasteiger partial charge in [0.1, 0.15) is 17.2 Å². The summed E-state index contributed by atoms with van der Waals surface area (Å²) in [5.74, 6) is -0.550. The van der Waals surface area contributed by atoms with Gasteiger partial charge in [-0.15, -0.1) is 0 Å². The van der Waals surface area contributed by atoms with Crippen molar-refractivity contribution in [3.8, 4) is 28.8 Å². The standard InChI is InChI=1S/C20H15ClN4O3/c21-15-7-13(17(26)8-18(15)27)19-14-10-25(5-4-16(14)23-24-19)20(28)12-3-1-2-11(6-12)9-22/h1-3,6-8,26-27H,4-5,10H2,(H,23,24). The molecular formula is C20H15ClN4O3. The lowest BCUT2D eigenvalue weighted by Crippen LogP contribution is -2.36. The molecule has 1 aliphatic rings. The molecule has 2 aromatic carbocycles. The summed E-state index contributed by atoms with van der Waals surface area (Å²) >= 11 is 5.98. The summed E-state index contributed by atoms with van der Waals surface area (Å²) in [4.78, 5) is 14.6. The molecule has 0 aliphatic carbocycles. The molecule has 1 aliphatic heterocycles. The molecule has 0 unspecified atom stereocenters. The quantitative estimate of drug-likeness (QED) is 0.617. The minimum absolute atomic E-state index is 0.0987. The van der Waals surface area contributed by atoms with Crippen molar-refractivity contribution in [2.24, 2.45) is 0 Å². The first-order chi connectivity index (χ1) is 13.5. The number of halogens is 1. The number of carbonyl (C=O) groups is 1. The fourth-order valence-corrected chi connectivity index (χ4v) is 3.50. The molecule has 1 amide bonds. The number of benzene rings is 2. The lowest BCUT2D eigenvalue weighted by molar-refractivity contribution is 0.0734. The first-order valence-electron chi connectivity index (χ1n) is 8.55. The Bertz CT molecular complexity index is 1130. The van der Waals surface area contributed by atoms with E-state index in [1.54, 1.807) is 29.2 Å². The van der Waals surface area contributed by atoms with Gasteiger partial charge in [0, 0.05) is 48.0 Å². The highest BCUT2D eigenvalue weighted by molar-refractivity contribution is 6.32. The van der Waals surface area contributed by atoms with E-state index in [1.165, 1.54) is 6.07 Å². The van der Waals surface area contributed by atoms with E-state index in [1.807, 2.05) is 6.07 Å². The topological polar surface area (TPSA) is 113 Å². The van der Waals surface area contributed by atoms with Crippen LogP contribution in [0, 0.1) is 11.3 Å². The van der Waals surface area contributed by atoms with Gasteiger partial charge in [0.2, 0.25) is 0 Å². The van der Waals surface area contributed by atoms with Crippen LogP contribution in [0.5, 0.6) is 11.5 Å². The van der Waals surface area contributed by atoms with E-state index in [0.717, 1.165) is 17.3 Å². The molecule has 4 rings (SSSR count). The van der Waals surface area contributed by atoms with Crippen molar-refractivity contribution in [1.29, 1.82) is 5.26 Å². The predicted molar refractivity (Wildman–Crippen MR) is 102 cm³/mol. The van der Waals surface area contributed by atoms with Gasteiger partial charge in [0.05, 0.1) is 16.7 Å². The molecule has 0 radical (unpaired) electrons. The summed E-state index contributed by atoms with van der Waals surface area (Å²) in [6.45, 7) is 0.807. The van der Waals surface area contributed by atoms with Crippen molar-refractivity contribution in [2.75, 3.05) is 6.54 Å². The van der Waals surface area contributed by atoms with Crippen LogP contribution in [-0.4, -0.2) is 37.8 Å². The van der Waals surface area contributed by atoms with Crippen LogP contribution in [0.4, 0.5) is 0 Å². The average molecular weight is 395 g/mol. The number of aromatic hydroxyl groups is 2. The number of nitriles is 1. The molecule has 7 nitrogen and oxygen atoms in total. The highest BCUT2D eigenvalue weighted by atomic mass is 35.5. The number of H-pyrrole nitrogens is 1. The highest BCUT2D eigenvalue weighted by Gasteiger charge is 2.27. The van der Waals surface area contributed by atoms with Crippen LogP contribution in [0.25, 0.3) is 11.3 Å². The van der Waals surface area contributed by atoms with Gasteiger partial charge in [-0.1, -0.05) is 17.7 Å². The normalized spacial score (nSPS) is 13.1. The van der Waals surface area contributed by atoms with Gasteiger partial charge >= 0.3 is 0 Å². The van der Waals surface area contributed by atoms with E-state index < -0.39 is 0 Å². The number of nitrogens with one attached hydrogen (secondary N) is 1. The first-order valence-corrected chi connectivity index (χ1v) is 8.93. The van der Waals surface area contributed by atoms with E-state index in [-0.39, 0.29) is 22.4 Å². The van der Waals surface area contributed by atoms with Crippen LogP contribution in [-0.2, 0) is 13.0 Å². The first kappa shape index (κ1) is 17.9. The number of carbonyl (C=O) groups excluding carboxylic acids is 1. The van der Waals surface area contributed by atoms with Crippen LogP contribution in [0.2, 0.25) is 5.02 Å². The van der Waals surface area contributed by atoms with Crippen molar-refractivity contribution < 1.29 is 15.0 Å². The molecule has 140 valence electrons. The molecule has 1 aromatic heterocycles. The number of hydrogen-bond acceptors (Lipinski definition) is 5. The third-order valence-corrected chi connectivity index (χ3v) is 5.08. The molecule has 0 saturated heterocycles. The maximum absolute atomic E-state index is 12.9. The van der Waals surface area contributed by atoms with Gasteiger partial charge in [-0.2, -0.15) is 10.4 Å². The number of phenols is 2. The Morgan fingerprint density at radius 1 is 1.25 bits per heavy atom. The van der Waals surface area contributed by atoms with Crippen LogP contribution in [0.1, 0.15) is 27.2 Å². The molecule has 0 bridgehead atoms. The zero-order chi connectivity index (χ0) is 19.8. The van der Waals surface area contributed by atoms with Crippen molar-refractivity contribution in [1.82, 2.24) is 15.1 Å². The second-order valence-electron chi connectivity index (χ2n) is 6.52. The molecular weight excluding hydrogens is 380 g/mol. The third kappa shape index (κ3) is 3.04. The minimum atomic E-state index is -0.221. The summed E-state index contributed by atoms with van der Waals surface area (Å²) < 4.78 is 0. The van der Waals surface area contributed by atoms with Gasteiger partial charge in [-0.3, -0.25) is 9.89 Å². The molecule has 2 heterocycles. The van der Waals surface area contributed by atoms with E-state index >= 15 is 0 Å². The minimum Gasteiger partial charge on any atom is -0.507 e. The zero-order valence-corrected chi connectivity index (χ0v) is 15.4. The van der Waals surface area contributed by atoms with E-state index in [2.05, 4.69) is 10.2 Å². The fraction of sp³-hybridized carbons (Fsp3) is 0.150. The van der Waals surface area contributed by atoms with Gasteiger partial charge < -0.3 is 15.1 Å². The largest absolute Gasteiger partial charge is 0.507 e. The smallest absolute Gasteiger partial charge is 0.254 e. The molecule has 3 N–H and O–H groups in total. The second-order valence-corrected chi connectivity index (χ2v) is 6.93. The SMILES string of the molecule is N#Cc1cccc(C(=O)N2CCc3[nH]nc(-c4cc(Cl)c(O)cc4O)c3C2)c1. The number of aromatic nitrogens is 2. The third-order valence-electron chi connectivity index (χ3n) is 4.78. The Hall–Kier alpha value is -3.50. The lowest BCUT2D eigenvalue weighted by Gasteiger charge is -2.27. The number of rotatable bonds is 2. The van der Waals surface area contributed by atoms with E-state index in [9.17, 15) is 15.0 Å². The molecule has 0 fully saturated rings. The highest BCUT2D eigenvalue weighted by Crippen LogP contribution is 2.39. The number of nitrogens with zero attached hydrogens (tertiary/aromatic N) is 3. The van der Waals surface area contributed by atoms with Crippen molar-refractivity contribution >= 4 is 17.5 Å². The van der Waals surface area contributed by atoms with Crippen LogP contribution < -0.4 is 0 Å². The molecule has 3 aromatic rings.